The van der Waals surface area contributed by atoms with E-state index in [9.17, 15) is 15.0 Å². The molecule has 4 fully saturated rings. The molecule has 0 aromatic carbocycles. The van der Waals surface area contributed by atoms with Crippen molar-refractivity contribution in [1.82, 2.24) is 0 Å². The maximum absolute atomic E-state index is 14.4. The maximum atomic E-state index is 14.4. The van der Waals surface area contributed by atoms with Crippen molar-refractivity contribution in [1.29, 1.82) is 0 Å². The average Bonchev–Trinajstić information content (AvgIpc) is 3.46. The van der Waals surface area contributed by atoms with Crippen LogP contribution in [0.15, 0.2) is 47.1 Å². The molecule has 0 radical (unpaired) electrons. The van der Waals surface area contributed by atoms with E-state index in [0.717, 1.165) is 24.0 Å². The minimum absolute atomic E-state index is 0.0245. The number of esters is 1. The number of hydrogen-bond donors (Lipinski definition) is 2. The first-order valence-corrected chi connectivity index (χ1v) is 19.9. The molecular formula is C42H64O11. The van der Waals surface area contributed by atoms with Gasteiger partial charge in [0.2, 0.25) is 0 Å². The zero-order valence-electron chi connectivity index (χ0n) is 33.2. The van der Waals surface area contributed by atoms with Gasteiger partial charge >= 0.3 is 5.97 Å². The van der Waals surface area contributed by atoms with Gasteiger partial charge in [0.25, 0.3) is 0 Å². The highest BCUT2D eigenvalue weighted by molar-refractivity contribution is 5.78. The van der Waals surface area contributed by atoms with Crippen molar-refractivity contribution < 1.29 is 52.9 Å². The Labute approximate surface area is 316 Å². The highest BCUT2D eigenvalue weighted by Crippen LogP contribution is 2.48. The molecule has 11 nitrogen and oxygen atoms in total. The van der Waals surface area contributed by atoms with Crippen LogP contribution in [0.5, 0.6) is 0 Å². The number of rotatable bonds is 6. The van der Waals surface area contributed by atoms with Crippen LogP contribution in [0.2, 0.25) is 0 Å². The van der Waals surface area contributed by atoms with Crippen LogP contribution >= 0.6 is 0 Å². The Morgan fingerprint density at radius 1 is 1.04 bits per heavy atom. The van der Waals surface area contributed by atoms with Crippen LogP contribution in [0.4, 0.5) is 0 Å². The van der Waals surface area contributed by atoms with E-state index in [1.807, 2.05) is 32.1 Å². The summed E-state index contributed by atoms with van der Waals surface area (Å²) < 4.78 is 50.8. The molecule has 1 spiro atoms. The Morgan fingerprint density at radius 2 is 1.81 bits per heavy atom. The Morgan fingerprint density at radius 3 is 2.53 bits per heavy atom. The fourth-order valence-corrected chi connectivity index (χ4v) is 9.56. The maximum Gasteiger partial charge on any atom is 0.316 e. The summed E-state index contributed by atoms with van der Waals surface area (Å²) in [6, 6.07) is 0. The summed E-state index contributed by atoms with van der Waals surface area (Å²) >= 11 is 0. The van der Waals surface area contributed by atoms with E-state index in [0.29, 0.717) is 49.5 Å². The van der Waals surface area contributed by atoms with Gasteiger partial charge < -0.3 is 48.1 Å². The second kappa shape index (κ2) is 16.7. The summed E-state index contributed by atoms with van der Waals surface area (Å²) in [6.45, 7) is 14.7. The standard InChI is InChI=1S/C42H64O11/c1-10-23(2)37-26(5)16-17-41(53-37)21-31-19-30(52-41)15-14-25(4)36(51-34-20-33(46-8)35(43)28(7)49-34)24(3)12-11-13-29-22-48-39-38(47-9)27(6)18-32(40(44)50-31)42(29,39)45/h11-14,18,23-24,26,28,30-39,43,45H,10,15-17,19-22H2,1-9H3/b12-11+,25-14+,29-13+/t23?,24-,26-,28-,30+,31-,32-,33-,34?,35-,36-,37+,38+,39+,41+,42+/m0/s1. The Balaban J connectivity index is 1.38. The smallest absolute Gasteiger partial charge is 0.316 e. The lowest BCUT2D eigenvalue weighted by Gasteiger charge is -2.51. The summed E-state index contributed by atoms with van der Waals surface area (Å²) in [6.07, 6.45) is 9.61. The Hall–Kier alpha value is -1.93. The highest BCUT2D eigenvalue weighted by Gasteiger charge is 2.60. The first kappa shape index (κ1) is 40.7. The van der Waals surface area contributed by atoms with Crippen molar-refractivity contribution in [3.05, 3.63) is 47.1 Å². The van der Waals surface area contributed by atoms with Crippen LogP contribution in [0, 0.1) is 23.7 Å². The van der Waals surface area contributed by atoms with Gasteiger partial charge in [-0.3, -0.25) is 4.79 Å². The van der Waals surface area contributed by atoms with Gasteiger partial charge in [0.1, 0.15) is 35.9 Å². The van der Waals surface area contributed by atoms with Gasteiger partial charge in [-0.2, -0.15) is 0 Å². The van der Waals surface area contributed by atoms with Crippen LogP contribution in [0.3, 0.4) is 0 Å². The van der Waals surface area contributed by atoms with E-state index < -0.39 is 66.2 Å². The molecule has 4 saturated heterocycles. The van der Waals surface area contributed by atoms with E-state index in [1.54, 1.807) is 20.3 Å². The molecule has 1 aliphatic carbocycles. The summed E-state index contributed by atoms with van der Waals surface area (Å²) in [5.74, 6) is -1.77. The predicted molar refractivity (Wildman–Crippen MR) is 198 cm³/mol. The van der Waals surface area contributed by atoms with Crippen molar-refractivity contribution in [2.75, 3.05) is 20.8 Å². The molecule has 0 saturated carbocycles. The number of hydrogen-bond acceptors (Lipinski definition) is 11. The van der Waals surface area contributed by atoms with Crippen molar-refractivity contribution in [3.63, 3.8) is 0 Å². The fourth-order valence-electron chi connectivity index (χ4n) is 9.56. The monoisotopic (exact) mass is 744 g/mol. The number of aliphatic hydroxyl groups excluding tert-OH is 1. The average molecular weight is 745 g/mol. The van der Waals surface area contributed by atoms with Gasteiger partial charge in [-0.15, -0.1) is 0 Å². The number of ether oxygens (including phenoxy) is 8. The Bertz CT molecular complexity index is 1420. The predicted octanol–water partition coefficient (Wildman–Crippen LogP) is 5.72. The molecule has 16 atom stereocenters. The van der Waals surface area contributed by atoms with E-state index in [-0.39, 0.29) is 30.8 Å². The molecule has 0 amide bonds. The molecule has 53 heavy (non-hydrogen) atoms. The highest BCUT2D eigenvalue weighted by atomic mass is 16.7. The molecular weight excluding hydrogens is 680 g/mol. The quantitative estimate of drug-likeness (QED) is 0.256. The first-order valence-electron chi connectivity index (χ1n) is 19.9. The molecule has 298 valence electrons. The first-order chi connectivity index (χ1) is 25.2. The lowest BCUT2D eigenvalue weighted by molar-refractivity contribution is -0.340. The van der Waals surface area contributed by atoms with Crippen LogP contribution in [0.25, 0.3) is 0 Å². The largest absolute Gasteiger partial charge is 0.462 e. The number of fused-ring (bicyclic) bond motifs is 2. The van der Waals surface area contributed by atoms with E-state index in [1.165, 1.54) is 0 Å². The molecule has 2 unspecified atom stereocenters. The summed E-state index contributed by atoms with van der Waals surface area (Å²) in [7, 11) is 3.18. The van der Waals surface area contributed by atoms with Gasteiger partial charge in [-0.1, -0.05) is 64.5 Å². The topological polar surface area (TPSA) is 131 Å². The van der Waals surface area contributed by atoms with Crippen LogP contribution < -0.4 is 0 Å². The van der Waals surface area contributed by atoms with Crippen molar-refractivity contribution in [2.24, 2.45) is 23.7 Å². The minimum atomic E-state index is -1.67. The number of methoxy groups -OCH3 is 2. The van der Waals surface area contributed by atoms with Crippen molar-refractivity contribution >= 4 is 5.97 Å². The molecule has 11 heteroatoms. The number of carbonyl (C=O) groups is 1. The second-order valence-corrected chi connectivity index (χ2v) is 16.7. The van der Waals surface area contributed by atoms with E-state index in [4.69, 9.17) is 37.9 Å². The van der Waals surface area contributed by atoms with Crippen LogP contribution in [-0.2, 0) is 42.7 Å². The van der Waals surface area contributed by atoms with Crippen molar-refractivity contribution in [3.8, 4) is 0 Å². The molecule has 0 aromatic rings. The molecule has 6 rings (SSSR count). The van der Waals surface area contributed by atoms with Gasteiger partial charge in [0.15, 0.2) is 12.1 Å². The SMILES string of the molecule is CCC(C)[C@H]1O[C@]2(CC[C@@H]1C)C[C@@H]1C[C@@H](C/C=C(\C)[C@@H](OC3C[C@H](OC)[C@@H](O)[C@H](C)O3)[C@@H](C)/C=C/C=C3\CO[C@@H]4[C@H](OC)C(C)=C[C@@H](C(=O)O1)[C@]34O)O2. The van der Waals surface area contributed by atoms with Crippen molar-refractivity contribution in [2.45, 2.75) is 166 Å². The third kappa shape index (κ3) is 8.16. The van der Waals surface area contributed by atoms with Gasteiger partial charge in [0, 0.05) is 45.8 Å². The summed E-state index contributed by atoms with van der Waals surface area (Å²) in [5.41, 5.74) is 0.731. The number of allylic oxidation sites excluding steroid dienone is 2. The third-order valence-electron chi connectivity index (χ3n) is 12.9. The summed E-state index contributed by atoms with van der Waals surface area (Å²) in [4.78, 5) is 14.4. The fraction of sp³-hybridized carbons (Fsp3) is 0.786. The molecule has 0 aromatic heterocycles. The van der Waals surface area contributed by atoms with E-state index in [2.05, 4.69) is 40.7 Å². The molecule has 6 aliphatic rings. The lowest BCUT2D eigenvalue weighted by Crippen LogP contribution is -2.58. The van der Waals surface area contributed by atoms with Gasteiger partial charge in [-0.05, 0) is 62.2 Å². The van der Waals surface area contributed by atoms with Crippen LogP contribution in [-0.4, -0.2) is 110 Å². The van der Waals surface area contributed by atoms with Gasteiger partial charge in [0.05, 0.1) is 37.1 Å². The van der Waals surface area contributed by atoms with E-state index >= 15 is 0 Å². The molecule has 5 heterocycles. The molecule has 2 N–H and O–H groups in total. The number of carbonyl (C=O) groups excluding carboxylic acids is 1. The lowest BCUT2D eigenvalue weighted by atomic mass is 9.70. The normalized spacial score (nSPS) is 48.4. The molecule has 5 aliphatic heterocycles. The zero-order chi connectivity index (χ0) is 38.2. The zero-order valence-corrected chi connectivity index (χ0v) is 33.2. The summed E-state index contributed by atoms with van der Waals surface area (Å²) in [5, 5.41) is 23.2. The minimum Gasteiger partial charge on any atom is -0.462 e. The number of aliphatic hydroxyl groups is 2. The third-order valence-corrected chi connectivity index (χ3v) is 12.9. The second-order valence-electron chi connectivity index (χ2n) is 16.7. The Kier molecular flexibility index (Phi) is 12.8. The molecule has 2 bridgehead atoms. The van der Waals surface area contributed by atoms with Crippen LogP contribution in [0.1, 0.15) is 93.4 Å². The van der Waals surface area contributed by atoms with Gasteiger partial charge in [-0.25, -0.2) is 0 Å².